The van der Waals surface area contributed by atoms with Gasteiger partial charge in [-0.2, -0.15) is 16.7 Å². The fourth-order valence-corrected chi connectivity index (χ4v) is 2.77. The predicted molar refractivity (Wildman–Crippen MR) is 77.2 cm³/mol. The number of oxazole rings is 1. The maximum Gasteiger partial charge on any atom is 0.297 e. The van der Waals surface area contributed by atoms with Gasteiger partial charge in [0.1, 0.15) is 6.26 Å². The van der Waals surface area contributed by atoms with Crippen LogP contribution in [0.15, 0.2) is 10.7 Å². The predicted octanol–water partition coefficient (Wildman–Crippen LogP) is 2.50. The molecule has 0 aromatic carbocycles. The first-order valence-electron chi connectivity index (χ1n) is 6.64. The second-order valence-corrected chi connectivity index (χ2v) is 5.82. The minimum Gasteiger partial charge on any atom is -0.432 e. The molecule has 1 unspecified atom stereocenters. The van der Waals surface area contributed by atoms with Gasteiger partial charge in [-0.1, -0.05) is 6.92 Å². The largest absolute Gasteiger partial charge is 0.432 e. The Bertz CT molecular complexity index is 365. The summed E-state index contributed by atoms with van der Waals surface area (Å²) in [5, 5.41) is 3.45. The van der Waals surface area contributed by atoms with Crippen molar-refractivity contribution < 1.29 is 4.42 Å². The van der Waals surface area contributed by atoms with Crippen LogP contribution in [-0.2, 0) is 6.54 Å². The van der Waals surface area contributed by atoms with E-state index in [9.17, 15) is 0 Å². The molecule has 0 amide bonds. The molecule has 4 nitrogen and oxygen atoms in total. The smallest absolute Gasteiger partial charge is 0.297 e. The Morgan fingerprint density at radius 2 is 2.39 bits per heavy atom. The molecule has 1 saturated carbocycles. The lowest BCUT2D eigenvalue weighted by atomic mass is 10.2. The molecule has 1 heterocycles. The minimum absolute atomic E-state index is 0.489. The lowest BCUT2D eigenvalue weighted by Crippen LogP contribution is -2.33. The fourth-order valence-electron chi connectivity index (χ4n) is 1.93. The summed E-state index contributed by atoms with van der Waals surface area (Å²) in [6, 6.07) is 1.94. The summed E-state index contributed by atoms with van der Waals surface area (Å²) in [4.78, 5) is 6.70. The minimum atomic E-state index is 0.489. The van der Waals surface area contributed by atoms with Crippen molar-refractivity contribution in [3.8, 4) is 0 Å². The molecular formula is C13H23N3OS. The standard InChI is InChI=1S/C13H23N3OS/c1-4-12(9-18-3)16(2)13-15-11(8-17-13)7-14-10-5-6-10/h8,10,12,14H,4-7,9H2,1-3H3. The normalized spacial score (nSPS) is 16.8. The zero-order valence-electron chi connectivity index (χ0n) is 11.5. The average molecular weight is 269 g/mol. The number of nitrogens with one attached hydrogen (secondary N) is 1. The number of thioether (sulfide) groups is 1. The second kappa shape index (κ2) is 6.48. The molecular weight excluding hydrogens is 246 g/mol. The monoisotopic (exact) mass is 269 g/mol. The van der Waals surface area contributed by atoms with E-state index in [1.54, 1.807) is 6.26 Å². The average Bonchev–Trinajstić information content (AvgIpc) is 3.10. The van der Waals surface area contributed by atoms with E-state index in [-0.39, 0.29) is 0 Å². The highest BCUT2D eigenvalue weighted by Gasteiger charge is 2.21. The zero-order chi connectivity index (χ0) is 13.0. The highest BCUT2D eigenvalue weighted by atomic mass is 32.2. The van der Waals surface area contributed by atoms with E-state index in [0.29, 0.717) is 12.1 Å². The summed E-state index contributed by atoms with van der Waals surface area (Å²) in [5.74, 6) is 1.10. The summed E-state index contributed by atoms with van der Waals surface area (Å²) >= 11 is 1.86. The van der Waals surface area contributed by atoms with Gasteiger partial charge < -0.3 is 14.6 Å². The summed E-state index contributed by atoms with van der Waals surface area (Å²) in [5.41, 5.74) is 1.00. The maximum absolute atomic E-state index is 5.57. The molecule has 1 fully saturated rings. The van der Waals surface area contributed by atoms with Gasteiger partial charge in [-0.05, 0) is 25.5 Å². The lowest BCUT2D eigenvalue weighted by Gasteiger charge is -2.24. The van der Waals surface area contributed by atoms with Crippen molar-refractivity contribution in [2.24, 2.45) is 0 Å². The number of hydrogen-bond donors (Lipinski definition) is 1. The van der Waals surface area contributed by atoms with E-state index >= 15 is 0 Å². The number of rotatable bonds is 8. The first kappa shape index (κ1) is 13.7. The molecule has 0 radical (unpaired) electrons. The van der Waals surface area contributed by atoms with Crippen LogP contribution in [0.25, 0.3) is 0 Å². The Kier molecular flexibility index (Phi) is 4.95. The summed E-state index contributed by atoms with van der Waals surface area (Å²) < 4.78 is 5.57. The van der Waals surface area contributed by atoms with Crippen molar-refractivity contribution in [2.75, 3.05) is 24.0 Å². The van der Waals surface area contributed by atoms with Crippen molar-refractivity contribution in [2.45, 2.75) is 44.8 Å². The van der Waals surface area contributed by atoms with E-state index in [2.05, 4.69) is 35.4 Å². The van der Waals surface area contributed by atoms with Crippen LogP contribution in [0.3, 0.4) is 0 Å². The SMILES string of the molecule is CCC(CSC)N(C)c1nc(CNC2CC2)co1. The second-order valence-electron chi connectivity index (χ2n) is 4.90. The van der Waals surface area contributed by atoms with Gasteiger partial charge in [0.15, 0.2) is 0 Å². The summed E-state index contributed by atoms with van der Waals surface area (Å²) in [6.45, 7) is 3.03. The Morgan fingerprint density at radius 1 is 1.61 bits per heavy atom. The molecule has 1 atom stereocenters. The van der Waals surface area contributed by atoms with Crippen LogP contribution in [0.1, 0.15) is 31.9 Å². The first-order valence-corrected chi connectivity index (χ1v) is 8.03. The molecule has 0 saturated heterocycles. The number of nitrogens with zero attached hydrogens (tertiary/aromatic N) is 2. The van der Waals surface area contributed by atoms with Gasteiger partial charge in [-0.25, -0.2) is 0 Å². The van der Waals surface area contributed by atoms with E-state index in [4.69, 9.17) is 4.42 Å². The van der Waals surface area contributed by atoms with Crippen LogP contribution < -0.4 is 10.2 Å². The summed E-state index contributed by atoms with van der Waals surface area (Å²) in [7, 11) is 2.06. The Balaban J connectivity index is 1.89. The molecule has 2 rings (SSSR count). The number of aromatic nitrogens is 1. The lowest BCUT2D eigenvalue weighted by molar-refractivity contribution is 0.517. The molecule has 18 heavy (non-hydrogen) atoms. The molecule has 0 spiro atoms. The third-order valence-corrected chi connectivity index (χ3v) is 4.09. The fraction of sp³-hybridized carbons (Fsp3) is 0.769. The van der Waals surface area contributed by atoms with Crippen molar-refractivity contribution in [3.05, 3.63) is 12.0 Å². The van der Waals surface area contributed by atoms with Gasteiger partial charge in [0.2, 0.25) is 0 Å². The summed E-state index contributed by atoms with van der Waals surface area (Å²) in [6.07, 6.45) is 7.62. The molecule has 102 valence electrons. The third kappa shape index (κ3) is 3.65. The van der Waals surface area contributed by atoms with Crippen molar-refractivity contribution in [1.29, 1.82) is 0 Å². The van der Waals surface area contributed by atoms with Crippen LogP contribution in [0.5, 0.6) is 0 Å². The van der Waals surface area contributed by atoms with E-state index in [0.717, 1.165) is 30.4 Å². The molecule has 1 aromatic rings. The number of hydrogen-bond acceptors (Lipinski definition) is 5. The Hall–Kier alpha value is -0.680. The molecule has 1 aromatic heterocycles. The highest BCUT2D eigenvalue weighted by molar-refractivity contribution is 7.98. The number of anilines is 1. The van der Waals surface area contributed by atoms with E-state index < -0.39 is 0 Å². The van der Waals surface area contributed by atoms with Crippen LogP contribution in [0.2, 0.25) is 0 Å². The molecule has 1 N–H and O–H groups in total. The van der Waals surface area contributed by atoms with Gasteiger partial charge in [0, 0.05) is 31.4 Å². The van der Waals surface area contributed by atoms with Crippen LogP contribution in [-0.4, -0.2) is 36.1 Å². The Labute approximate surface area is 114 Å². The van der Waals surface area contributed by atoms with E-state index in [1.807, 2.05) is 11.8 Å². The van der Waals surface area contributed by atoms with Gasteiger partial charge in [0.05, 0.1) is 5.69 Å². The van der Waals surface area contributed by atoms with Gasteiger partial charge in [-0.15, -0.1) is 0 Å². The van der Waals surface area contributed by atoms with Crippen molar-refractivity contribution in [1.82, 2.24) is 10.3 Å². The quantitative estimate of drug-likeness (QED) is 0.785. The third-order valence-electron chi connectivity index (χ3n) is 3.37. The molecule has 0 bridgehead atoms. The molecule has 1 aliphatic rings. The van der Waals surface area contributed by atoms with Crippen LogP contribution in [0.4, 0.5) is 6.01 Å². The van der Waals surface area contributed by atoms with Gasteiger partial charge >= 0.3 is 0 Å². The van der Waals surface area contributed by atoms with Gasteiger partial charge in [0.25, 0.3) is 6.01 Å². The van der Waals surface area contributed by atoms with Crippen molar-refractivity contribution >= 4 is 17.8 Å². The van der Waals surface area contributed by atoms with Crippen LogP contribution in [0, 0.1) is 0 Å². The highest BCUT2D eigenvalue weighted by Crippen LogP contribution is 2.21. The molecule has 0 aliphatic heterocycles. The first-order chi connectivity index (χ1) is 8.74. The zero-order valence-corrected chi connectivity index (χ0v) is 12.3. The Morgan fingerprint density at radius 3 is 3.00 bits per heavy atom. The van der Waals surface area contributed by atoms with E-state index in [1.165, 1.54) is 12.8 Å². The molecule has 5 heteroatoms. The van der Waals surface area contributed by atoms with Crippen LogP contribution >= 0.6 is 11.8 Å². The van der Waals surface area contributed by atoms with Gasteiger partial charge in [-0.3, -0.25) is 0 Å². The van der Waals surface area contributed by atoms with Crippen molar-refractivity contribution in [3.63, 3.8) is 0 Å². The maximum atomic E-state index is 5.57. The molecule has 1 aliphatic carbocycles. The topological polar surface area (TPSA) is 41.3 Å².